The minimum Gasteiger partial charge on any atom is -0.481 e. The van der Waals surface area contributed by atoms with Crippen molar-refractivity contribution in [3.05, 3.63) is 76.5 Å². The minimum absolute atomic E-state index is 0.00338. The summed E-state index contributed by atoms with van der Waals surface area (Å²) in [5.74, 6) is -3.97. The molecule has 2 aromatic rings. The fourth-order valence-electron chi connectivity index (χ4n) is 5.12. The van der Waals surface area contributed by atoms with Gasteiger partial charge in [-0.05, 0) is 49.2 Å². The first kappa shape index (κ1) is 28.9. The van der Waals surface area contributed by atoms with Gasteiger partial charge in [-0.3, -0.25) is 4.79 Å². The quantitative estimate of drug-likeness (QED) is 0.385. The minimum atomic E-state index is -4.67. The standard InChI is InChI=1S/C27H30F3N3O4Si/c1-16-21(23(34)35)22(18-10-8-17(15-31)9-11-18)26(25(36)37,12-13-38(2,3)4)24(32)33(16)20-7-5-6-19(14-20)27(28,29)30/h5-11,14,22,24H,12-13,32H2,1-4H3,(H,34,35)(H,36,37). The zero-order valence-electron chi connectivity index (χ0n) is 21.5. The van der Waals surface area contributed by atoms with Crippen molar-refractivity contribution in [2.75, 3.05) is 4.90 Å². The summed E-state index contributed by atoms with van der Waals surface area (Å²) in [6.07, 6.45) is -6.07. The Kier molecular flexibility index (Phi) is 7.82. The van der Waals surface area contributed by atoms with E-state index in [0.717, 1.165) is 12.1 Å². The summed E-state index contributed by atoms with van der Waals surface area (Å²) in [5.41, 5.74) is 4.21. The number of aliphatic carboxylic acids is 2. The first-order valence-corrected chi connectivity index (χ1v) is 15.6. The van der Waals surface area contributed by atoms with Gasteiger partial charge < -0.3 is 20.8 Å². The highest BCUT2D eigenvalue weighted by molar-refractivity contribution is 6.76. The highest BCUT2D eigenvalue weighted by Gasteiger charge is 2.59. The van der Waals surface area contributed by atoms with Gasteiger partial charge in [0.15, 0.2) is 0 Å². The molecule has 0 bridgehead atoms. The molecule has 1 aliphatic heterocycles. The second kappa shape index (κ2) is 10.3. The number of allylic oxidation sites excluding steroid dienone is 1. The molecular weight excluding hydrogens is 515 g/mol. The van der Waals surface area contributed by atoms with Gasteiger partial charge in [-0.1, -0.05) is 43.9 Å². The van der Waals surface area contributed by atoms with E-state index < -0.39 is 49.3 Å². The van der Waals surface area contributed by atoms with Crippen molar-refractivity contribution in [3.63, 3.8) is 0 Å². The first-order chi connectivity index (χ1) is 17.5. The number of hydrogen-bond donors (Lipinski definition) is 3. The van der Waals surface area contributed by atoms with Crippen molar-refractivity contribution in [1.82, 2.24) is 0 Å². The lowest BCUT2D eigenvalue weighted by molar-refractivity contribution is -0.152. The number of nitrogens with zero attached hydrogens (tertiary/aromatic N) is 2. The molecule has 202 valence electrons. The maximum absolute atomic E-state index is 13.5. The van der Waals surface area contributed by atoms with Crippen LogP contribution in [-0.2, 0) is 15.8 Å². The van der Waals surface area contributed by atoms with Gasteiger partial charge in [0.05, 0.1) is 28.9 Å². The summed E-state index contributed by atoms with van der Waals surface area (Å²) in [4.78, 5) is 27.2. The van der Waals surface area contributed by atoms with Gasteiger partial charge in [0.2, 0.25) is 0 Å². The van der Waals surface area contributed by atoms with Gasteiger partial charge in [-0.15, -0.1) is 0 Å². The summed E-state index contributed by atoms with van der Waals surface area (Å²) in [6.45, 7) is 7.54. The summed E-state index contributed by atoms with van der Waals surface area (Å²) in [6, 6.07) is 12.7. The fourth-order valence-corrected chi connectivity index (χ4v) is 6.28. The predicted molar refractivity (Wildman–Crippen MR) is 139 cm³/mol. The van der Waals surface area contributed by atoms with Gasteiger partial charge in [-0.2, -0.15) is 18.4 Å². The molecule has 3 rings (SSSR count). The third kappa shape index (κ3) is 5.32. The number of carboxylic acids is 2. The molecule has 0 spiro atoms. The molecule has 11 heteroatoms. The number of carboxylic acid groups (broad SMARTS) is 2. The largest absolute Gasteiger partial charge is 0.481 e. The number of benzene rings is 2. The number of nitrogens with two attached hydrogens (primary N) is 1. The summed E-state index contributed by atoms with van der Waals surface area (Å²) >= 11 is 0. The molecule has 3 atom stereocenters. The average molecular weight is 546 g/mol. The average Bonchev–Trinajstić information content (AvgIpc) is 2.82. The lowest BCUT2D eigenvalue weighted by atomic mass is 9.62. The molecule has 0 amide bonds. The van der Waals surface area contributed by atoms with E-state index in [1.807, 2.05) is 25.7 Å². The second-order valence-corrected chi connectivity index (χ2v) is 16.4. The number of anilines is 1. The molecule has 0 aliphatic carbocycles. The third-order valence-electron chi connectivity index (χ3n) is 7.10. The molecule has 38 heavy (non-hydrogen) atoms. The molecule has 3 unspecified atom stereocenters. The Balaban J connectivity index is 2.40. The SMILES string of the molecule is CC1=C(C(=O)O)C(c2ccc(C#N)cc2)C(CC[Si](C)(C)C)(C(=O)O)C(N)N1c1cccc(C(F)(F)F)c1. The highest BCUT2D eigenvalue weighted by atomic mass is 28.3. The summed E-state index contributed by atoms with van der Waals surface area (Å²) in [5, 5.41) is 30.4. The van der Waals surface area contributed by atoms with Crippen LogP contribution in [0.1, 0.15) is 36.0 Å². The van der Waals surface area contributed by atoms with Crippen LogP contribution in [0.4, 0.5) is 18.9 Å². The Labute approximate surface area is 220 Å². The zero-order valence-corrected chi connectivity index (χ0v) is 22.5. The lowest BCUT2D eigenvalue weighted by Crippen LogP contribution is -2.63. The first-order valence-electron chi connectivity index (χ1n) is 11.9. The van der Waals surface area contributed by atoms with E-state index in [0.29, 0.717) is 17.2 Å². The molecular formula is C27H30F3N3O4Si. The maximum Gasteiger partial charge on any atom is 0.416 e. The van der Waals surface area contributed by atoms with Crippen molar-refractivity contribution in [2.24, 2.45) is 11.1 Å². The highest BCUT2D eigenvalue weighted by Crippen LogP contribution is 2.54. The van der Waals surface area contributed by atoms with Crippen LogP contribution in [0, 0.1) is 16.7 Å². The van der Waals surface area contributed by atoms with Gasteiger partial charge in [0.25, 0.3) is 0 Å². The van der Waals surface area contributed by atoms with Crippen LogP contribution in [0.15, 0.2) is 59.8 Å². The monoisotopic (exact) mass is 545 g/mol. The Hall–Kier alpha value is -3.62. The van der Waals surface area contributed by atoms with Crippen LogP contribution < -0.4 is 10.6 Å². The van der Waals surface area contributed by atoms with E-state index >= 15 is 0 Å². The second-order valence-electron chi connectivity index (χ2n) is 10.7. The number of halogens is 3. The molecule has 4 N–H and O–H groups in total. The molecule has 0 saturated carbocycles. The predicted octanol–water partition coefficient (Wildman–Crippen LogP) is 5.62. The Bertz CT molecular complexity index is 1310. The molecule has 0 radical (unpaired) electrons. The van der Waals surface area contributed by atoms with E-state index in [1.165, 1.54) is 48.2 Å². The Morgan fingerprint density at radius 3 is 2.21 bits per heavy atom. The van der Waals surface area contributed by atoms with Crippen LogP contribution in [0.25, 0.3) is 0 Å². The molecule has 1 heterocycles. The van der Waals surface area contributed by atoms with Crippen molar-refractivity contribution in [2.45, 2.75) is 57.3 Å². The summed E-state index contributed by atoms with van der Waals surface area (Å²) < 4.78 is 40.6. The van der Waals surface area contributed by atoms with E-state index in [9.17, 15) is 38.2 Å². The maximum atomic E-state index is 13.5. The van der Waals surface area contributed by atoms with Gasteiger partial charge in [0.1, 0.15) is 5.41 Å². The van der Waals surface area contributed by atoms with Gasteiger partial charge in [-0.25, -0.2) is 4.79 Å². The van der Waals surface area contributed by atoms with Crippen molar-refractivity contribution in [1.29, 1.82) is 5.26 Å². The smallest absolute Gasteiger partial charge is 0.416 e. The molecule has 0 fully saturated rings. The van der Waals surface area contributed by atoms with Crippen LogP contribution >= 0.6 is 0 Å². The number of alkyl halides is 3. The third-order valence-corrected chi connectivity index (χ3v) is 8.85. The Morgan fingerprint density at radius 2 is 1.74 bits per heavy atom. The van der Waals surface area contributed by atoms with Crippen LogP contribution in [0.3, 0.4) is 0 Å². The van der Waals surface area contributed by atoms with Crippen LogP contribution in [0.2, 0.25) is 25.7 Å². The van der Waals surface area contributed by atoms with Crippen molar-refractivity contribution >= 4 is 25.7 Å². The lowest BCUT2D eigenvalue weighted by Gasteiger charge is -2.52. The molecule has 0 saturated heterocycles. The molecule has 2 aromatic carbocycles. The zero-order chi connectivity index (χ0) is 28.6. The number of rotatable bonds is 7. The van der Waals surface area contributed by atoms with Crippen molar-refractivity contribution in [3.8, 4) is 6.07 Å². The number of hydrogen-bond acceptors (Lipinski definition) is 5. The summed E-state index contributed by atoms with van der Waals surface area (Å²) in [7, 11) is -1.90. The van der Waals surface area contributed by atoms with Crippen molar-refractivity contribution < 1.29 is 33.0 Å². The van der Waals surface area contributed by atoms with E-state index in [2.05, 4.69) is 0 Å². The number of nitriles is 1. The molecule has 7 nitrogen and oxygen atoms in total. The fraction of sp³-hybridized carbons (Fsp3) is 0.370. The molecule has 0 aromatic heterocycles. The molecule has 1 aliphatic rings. The van der Waals surface area contributed by atoms with E-state index in [4.69, 9.17) is 5.73 Å². The van der Waals surface area contributed by atoms with E-state index in [-0.39, 0.29) is 23.4 Å². The van der Waals surface area contributed by atoms with Crippen LogP contribution in [0.5, 0.6) is 0 Å². The normalized spacial score (nSPS) is 22.2. The van der Waals surface area contributed by atoms with Gasteiger partial charge >= 0.3 is 18.1 Å². The number of carbonyl (C=O) groups is 2. The van der Waals surface area contributed by atoms with Gasteiger partial charge in [0, 0.05) is 25.4 Å². The Morgan fingerprint density at radius 1 is 1.13 bits per heavy atom. The van der Waals surface area contributed by atoms with Crippen LogP contribution in [-0.4, -0.2) is 36.4 Å². The topological polar surface area (TPSA) is 128 Å². The van der Waals surface area contributed by atoms with E-state index in [1.54, 1.807) is 0 Å².